The Morgan fingerprint density at radius 2 is 2.00 bits per heavy atom. The van der Waals surface area contributed by atoms with E-state index >= 15 is 0 Å². The van der Waals surface area contributed by atoms with Gasteiger partial charge in [0.15, 0.2) is 0 Å². The van der Waals surface area contributed by atoms with Crippen molar-refractivity contribution in [3.8, 4) is 30.2 Å². The highest BCUT2D eigenvalue weighted by atomic mass is 19.1. The second kappa shape index (κ2) is 11.6. The van der Waals surface area contributed by atoms with Gasteiger partial charge in [0.05, 0.1) is 46.9 Å². The van der Waals surface area contributed by atoms with Crippen LogP contribution >= 0.6 is 0 Å². The maximum atomic E-state index is 15.0. The molecule has 11 heteroatoms. The number of anilines is 2. The fraction of sp³-hybridized carbons (Fsp3) is 0.474. The lowest BCUT2D eigenvalue weighted by molar-refractivity contribution is -0.129. The fourth-order valence-electron chi connectivity index (χ4n) is 9.37. The van der Waals surface area contributed by atoms with Crippen LogP contribution in [0.2, 0.25) is 0 Å². The summed E-state index contributed by atoms with van der Waals surface area (Å²) in [5.74, 6) is 2.72. The number of nitrogens with zero attached hydrogens (tertiary/aromatic N) is 7. The molecule has 49 heavy (non-hydrogen) atoms. The largest absolute Gasteiger partial charge is 0.508 e. The number of hydrogen-bond acceptors (Lipinski definition) is 9. The third-order valence-electron chi connectivity index (χ3n) is 11.8. The molecular formula is C38H40FN7O3. The van der Waals surface area contributed by atoms with Gasteiger partial charge in [0.25, 0.3) is 0 Å². The summed E-state index contributed by atoms with van der Waals surface area (Å²) < 4.78 is 21.5. The van der Waals surface area contributed by atoms with Crippen molar-refractivity contribution in [2.75, 3.05) is 49.1 Å². The number of amides is 1. The molecule has 4 saturated heterocycles. The van der Waals surface area contributed by atoms with Crippen LogP contribution in [-0.4, -0.2) is 87.7 Å². The molecular weight excluding hydrogens is 621 g/mol. The van der Waals surface area contributed by atoms with Gasteiger partial charge >= 0.3 is 6.01 Å². The van der Waals surface area contributed by atoms with E-state index in [-0.39, 0.29) is 34.8 Å². The first-order valence-electron chi connectivity index (χ1n) is 17.2. The van der Waals surface area contributed by atoms with Crippen molar-refractivity contribution in [2.24, 2.45) is 5.41 Å². The quantitative estimate of drug-likeness (QED) is 0.301. The Morgan fingerprint density at radius 3 is 2.73 bits per heavy atom. The molecule has 0 spiro atoms. The zero-order valence-electron chi connectivity index (χ0n) is 27.8. The summed E-state index contributed by atoms with van der Waals surface area (Å²) in [5.41, 5.74) is 1.88. The number of aromatic hydroxyl groups is 1. The van der Waals surface area contributed by atoms with Gasteiger partial charge in [-0.2, -0.15) is 15.2 Å². The zero-order chi connectivity index (χ0) is 34.1. The first-order valence-corrected chi connectivity index (χ1v) is 17.2. The molecule has 6 heterocycles. The Balaban J connectivity index is 1.19. The molecule has 1 unspecified atom stereocenters. The minimum atomic E-state index is -0.699. The summed E-state index contributed by atoms with van der Waals surface area (Å²) in [5, 5.41) is 22.1. The maximum absolute atomic E-state index is 15.0. The second-order valence-electron chi connectivity index (χ2n) is 14.5. The summed E-state index contributed by atoms with van der Waals surface area (Å²) in [6.07, 6.45) is 12.8. The molecule has 10 nitrogen and oxygen atoms in total. The number of carbonyl (C=O) groups is 1. The minimum absolute atomic E-state index is 0.00598. The molecule has 2 bridgehead atoms. The number of piperazine rings is 1. The molecule has 1 N–H and O–H groups in total. The first kappa shape index (κ1) is 31.4. The highest BCUT2D eigenvalue weighted by Gasteiger charge is 2.55. The molecule has 0 saturated carbocycles. The summed E-state index contributed by atoms with van der Waals surface area (Å²) >= 11 is 0. The number of rotatable bonds is 6. The number of halogens is 1. The molecule has 4 fully saturated rings. The van der Waals surface area contributed by atoms with E-state index in [0.29, 0.717) is 68.1 Å². The van der Waals surface area contributed by atoms with E-state index in [1.807, 2.05) is 11.8 Å². The van der Waals surface area contributed by atoms with E-state index in [0.717, 1.165) is 55.8 Å². The van der Waals surface area contributed by atoms with Gasteiger partial charge in [-0.15, -0.1) is 6.42 Å². The molecule has 1 amide bonds. The topological polar surface area (TPSA) is 109 Å². The molecule has 8 rings (SSSR count). The number of hydrogen-bond donors (Lipinski definition) is 1. The average molecular weight is 662 g/mol. The van der Waals surface area contributed by atoms with Gasteiger partial charge < -0.3 is 24.5 Å². The third kappa shape index (κ3) is 4.97. The highest BCUT2D eigenvalue weighted by molar-refractivity contribution is 6.00. The van der Waals surface area contributed by atoms with Gasteiger partial charge in [-0.05, 0) is 82.1 Å². The van der Waals surface area contributed by atoms with E-state index in [1.165, 1.54) is 12.1 Å². The first-order chi connectivity index (χ1) is 23.7. The van der Waals surface area contributed by atoms with E-state index < -0.39 is 11.2 Å². The lowest BCUT2D eigenvalue weighted by atomic mass is 9.83. The van der Waals surface area contributed by atoms with Crippen LogP contribution < -0.4 is 14.5 Å². The van der Waals surface area contributed by atoms with Crippen LogP contribution in [0.4, 0.5) is 15.9 Å². The van der Waals surface area contributed by atoms with Crippen LogP contribution in [0, 0.1) is 34.9 Å². The number of fused-ring (bicyclic) bond motifs is 5. The third-order valence-corrected chi connectivity index (χ3v) is 11.8. The zero-order valence-corrected chi connectivity index (χ0v) is 27.8. The predicted molar refractivity (Wildman–Crippen MR) is 184 cm³/mol. The number of terminal acetylenes is 1. The van der Waals surface area contributed by atoms with Gasteiger partial charge in [0.1, 0.15) is 24.0 Å². The van der Waals surface area contributed by atoms with Gasteiger partial charge in [-0.1, -0.05) is 18.6 Å². The van der Waals surface area contributed by atoms with Crippen LogP contribution in [0.15, 0.2) is 36.9 Å². The van der Waals surface area contributed by atoms with Gasteiger partial charge in [0, 0.05) is 42.3 Å². The van der Waals surface area contributed by atoms with Crippen molar-refractivity contribution in [1.29, 1.82) is 5.26 Å². The van der Waals surface area contributed by atoms with Gasteiger partial charge in [-0.25, -0.2) is 4.39 Å². The number of carbonyl (C=O) groups excluding carboxylic acids is 1. The van der Waals surface area contributed by atoms with Crippen molar-refractivity contribution in [3.05, 3.63) is 59.6 Å². The second-order valence-corrected chi connectivity index (χ2v) is 14.5. The fourth-order valence-corrected chi connectivity index (χ4v) is 9.37. The molecule has 3 aromatic rings. The standard InChI is InChI=1S/C38H40FN7O3/c1-4-27-29(39)9-8-24-16-26(47)17-31(34(24)27)43-15-10-28-30(20-43)41-36(49-23-38-11-6-13-45(38)14-7-12-38)42-35(28)44-19-25-18-37(3,22-40)32(21-44)46(25)33(48)5-2/h1,5,8-9,16-17,25,32,47H,2,6-7,10-15,18-21,23H2,3H3/t25-,32-,37?/m1/s1. The molecule has 0 radical (unpaired) electrons. The molecule has 5 aliphatic heterocycles. The molecule has 5 aliphatic rings. The van der Waals surface area contributed by atoms with E-state index in [4.69, 9.17) is 21.1 Å². The van der Waals surface area contributed by atoms with Crippen molar-refractivity contribution in [2.45, 2.75) is 69.6 Å². The lowest BCUT2D eigenvalue weighted by Crippen LogP contribution is -2.58. The van der Waals surface area contributed by atoms with Gasteiger partial charge in [0.2, 0.25) is 5.91 Å². The summed E-state index contributed by atoms with van der Waals surface area (Å²) in [7, 11) is 0. The summed E-state index contributed by atoms with van der Waals surface area (Å²) in [4.78, 5) is 31.7. The van der Waals surface area contributed by atoms with Crippen LogP contribution in [0.3, 0.4) is 0 Å². The Morgan fingerprint density at radius 1 is 1.20 bits per heavy atom. The Kier molecular flexibility index (Phi) is 7.45. The number of benzene rings is 2. The van der Waals surface area contributed by atoms with Crippen LogP contribution in [0.1, 0.15) is 55.8 Å². The minimum Gasteiger partial charge on any atom is -0.508 e. The SMILES string of the molecule is C#Cc1c(F)ccc2cc(O)cc(N3CCc4c(nc(OCC56CCCN5CCC6)nc4N4C[C@H]5CC(C)(C#N)[C@@H](C4)N5C(=O)C=C)C3)c12. The van der Waals surface area contributed by atoms with Crippen LogP contribution in [0.5, 0.6) is 11.8 Å². The maximum Gasteiger partial charge on any atom is 0.318 e. The predicted octanol–water partition coefficient (Wildman–Crippen LogP) is 4.53. The molecule has 252 valence electrons. The van der Waals surface area contributed by atoms with Gasteiger partial charge in [-0.3, -0.25) is 9.69 Å². The average Bonchev–Trinajstić information content (AvgIpc) is 3.74. The number of phenols is 1. The van der Waals surface area contributed by atoms with E-state index in [2.05, 4.69) is 33.3 Å². The molecule has 2 aromatic carbocycles. The molecule has 1 aromatic heterocycles. The van der Waals surface area contributed by atoms with Crippen molar-refractivity contribution < 1.29 is 19.0 Å². The lowest BCUT2D eigenvalue weighted by Gasteiger charge is -2.43. The number of ether oxygens (including phenoxy) is 1. The monoisotopic (exact) mass is 661 g/mol. The normalized spacial score (nSPS) is 25.5. The summed E-state index contributed by atoms with van der Waals surface area (Å²) in [6, 6.07) is 8.53. The summed E-state index contributed by atoms with van der Waals surface area (Å²) in [6.45, 7) is 10.2. The smallest absolute Gasteiger partial charge is 0.318 e. The number of aromatic nitrogens is 2. The number of nitriles is 1. The Labute approximate surface area is 285 Å². The van der Waals surface area contributed by atoms with Crippen molar-refractivity contribution in [3.63, 3.8) is 0 Å². The molecule has 3 atom stereocenters. The van der Waals surface area contributed by atoms with E-state index in [1.54, 1.807) is 18.2 Å². The van der Waals surface area contributed by atoms with Crippen molar-refractivity contribution >= 4 is 28.2 Å². The van der Waals surface area contributed by atoms with E-state index in [9.17, 15) is 19.6 Å². The van der Waals surface area contributed by atoms with Crippen LogP contribution in [0.25, 0.3) is 10.8 Å². The molecule has 0 aliphatic carbocycles. The Hall–Kier alpha value is -4.87. The Bertz CT molecular complexity index is 1960. The van der Waals surface area contributed by atoms with Crippen LogP contribution in [-0.2, 0) is 17.8 Å². The highest BCUT2D eigenvalue weighted by Crippen LogP contribution is 2.46. The number of phenolic OH excluding ortho intramolecular Hbond substituents is 1. The van der Waals surface area contributed by atoms with Crippen molar-refractivity contribution in [1.82, 2.24) is 19.8 Å².